The van der Waals surface area contributed by atoms with E-state index in [9.17, 15) is 4.79 Å². The molecule has 6 heteroatoms. The van der Waals surface area contributed by atoms with Gasteiger partial charge in [0, 0.05) is 5.75 Å². The molecule has 130 valence electrons. The summed E-state index contributed by atoms with van der Waals surface area (Å²) in [5, 5.41) is 0.697. The molecule has 0 amide bonds. The summed E-state index contributed by atoms with van der Waals surface area (Å²) >= 11 is 1.69. The van der Waals surface area contributed by atoms with Crippen molar-refractivity contribution in [3.63, 3.8) is 0 Å². The molecule has 0 fully saturated rings. The van der Waals surface area contributed by atoms with Gasteiger partial charge in [-0.15, -0.1) is 11.8 Å². The van der Waals surface area contributed by atoms with Gasteiger partial charge in [-0.25, -0.2) is 4.98 Å². The molecule has 0 aliphatic carbocycles. The molecule has 0 saturated heterocycles. The Balaban J connectivity index is 1.55. The predicted octanol–water partition coefficient (Wildman–Crippen LogP) is 3.80. The smallest absolute Gasteiger partial charge is 0.258 e. The number of ether oxygens (including phenoxy) is 2. The Bertz CT molecular complexity index is 893. The Morgan fingerprint density at radius 1 is 1.12 bits per heavy atom. The number of fused-ring (bicyclic) bond motifs is 1. The first-order valence-corrected chi connectivity index (χ1v) is 9.09. The van der Waals surface area contributed by atoms with Crippen molar-refractivity contribution in [2.24, 2.45) is 0 Å². The molecule has 25 heavy (non-hydrogen) atoms. The highest BCUT2D eigenvalue weighted by Crippen LogP contribution is 2.25. The minimum Gasteiger partial charge on any atom is -0.497 e. The molecule has 0 aliphatic heterocycles. The molecule has 3 aromatic rings. The van der Waals surface area contributed by atoms with Crippen molar-refractivity contribution in [2.75, 3.05) is 19.5 Å². The Hall–Kier alpha value is -2.47. The van der Waals surface area contributed by atoms with Crippen LogP contribution in [0.1, 0.15) is 18.0 Å². The Labute approximate surface area is 150 Å². The van der Waals surface area contributed by atoms with E-state index < -0.39 is 0 Å². The van der Waals surface area contributed by atoms with Crippen LogP contribution in [0.15, 0.2) is 53.3 Å². The van der Waals surface area contributed by atoms with E-state index in [1.807, 2.05) is 49.4 Å². The topological polar surface area (TPSA) is 64.2 Å². The van der Waals surface area contributed by atoms with Crippen molar-refractivity contribution in [3.8, 4) is 11.5 Å². The van der Waals surface area contributed by atoms with E-state index in [2.05, 4.69) is 9.97 Å². The van der Waals surface area contributed by atoms with E-state index in [4.69, 9.17) is 9.47 Å². The fraction of sp³-hybridized carbons (Fsp3) is 0.263. The highest BCUT2D eigenvalue weighted by atomic mass is 32.2. The Morgan fingerprint density at radius 3 is 2.60 bits per heavy atom. The number of aromatic amines is 1. The lowest BCUT2D eigenvalue weighted by atomic mass is 10.2. The van der Waals surface area contributed by atoms with Gasteiger partial charge >= 0.3 is 0 Å². The van der Waals surface area contributed by atoms with Gasteiger partial charge in [0.1, 0.15) is 17.3 Å². The van der Waals surface area contributed by atoms with Crippen LogP contribution in [-0.2, 0) is 0 Å². The van der Waals surface area contributed by atoms with Crippen molar-refractivity contribution in [1.82, 2.24) is 9.97 Å². The number of benzene rings is 2. The quantitative estimate of drug-likeness (QED) is 0.652. The zero-order valence-corrected chi connectivity index (χ0v) is 15.0. The van der Waals surface area contributed by atoms with Crippen molar-refractivity contribution in [3.05, 3.63) is 64.7 Å². The molecule has 1 atom stereocenters. The SMILES string of the molecule is COc1ccc(OCCSC(C)c2nc3ccccc3c(=O)[nH]2)cc1. The van der Waals surface area contributed by atoms with Gasteiger partial charge in [-0.2, -0.15) is 0 Å². The molecular weight excluding hydrogens is 336 g/mol. The van der Waals surface area contributed by atoms with Crippen molar-refractivity contribution < 1.29 is 9.47 Å². The molecule has 1 heterocycles. The molecule has 0 radical (unpaired) electrons. The van der Waals surface area contributed by atoms with Crippen molar-refractivity contribution in [1.29, 1.82) is 0 Å². The molecule has 1 unspecified atom stereocenters. The summed E-state index contributed by atoms with van der Waals surface area (Å²) in [6.07, 6.45) is 0. The highest BCUT2D eigenvalue weighted by molar-refractivity contribution is 7.99. The highest BCUT2D eigenvalue weighted by Gasteiger charge is 2.11. The first kappa shape index (κ1) is 17.4. The molecule has 2 aromatic carbocycles. The number of para-hydroxylation sites is 1. The van der Waals surface area contributed by atoms with Gasteiger partial charge < -0.3 is 14.5 Å². The second-order valence-corrected chi connectivity index (χ2v) is 6.95. The molecule has 0 saturated carbocycles. The summed E-state index contributed by atoms with van der Waals surface area (Å²) in [4.78, 5) is 19.6. The average Bonchev–Trinajstić information content (AvgIpc) is 2.65. The van der Waals surface area contributed by atoms with Gasteiger partial charge in [-0.1, -0.05) is 12.1 Å². The van der Waals surface area contributed by atoms with E-state index in [-0.39, 0.29) is 10.8 Å². The van der Waals surface area contributed by atoms with Crippen LogP contribution in [-0.4, -0.2) is 29.4 Å². The molecule has 0 bridgehead atoms. The number of nitrogens with one attached hydrogen (secondary N) is 1. The number of methoxy groups -OCH3 is 1. The lowest BCUT2D eigenvalue weighted by Gasteiger charge is -2.12. The maximum Gasteiger partial charge on any atom is 0.258 e. The van der Waals surface area contributed by atoms with Gasteiger partial charge in [0.15, 0.2) is 0 Å². The minimum absolute atomic E-state index is 0.0803. The van der Waals surface area contributed by atoms with Gasteiger partial charge in [-0.3, -0.25) is 4.79 Å². The van der Waals surface area contributed by atoms with Crippen molar-refractivity contribution in [2.45, 2.75) is 12.2 Å². The number of aromatic nitrogens is 2. The number of hydrogen-bond donors (Lipinski definition) is 1. The first-order chi connectivity index (χ1) is 12.2. The third kappa shape index (κ3) is 4.33. The lowest BCUT2D eigenvalue weighted by molar-refractivity contribution is 0.342. The fourth-order valence-corrected chi connectivity index (χ4v) is 3.23. The van der Waals surface area contributed by atoms with E-state index in [0.717, 1.165) is 22.8 Å². The largest absolute Gasteiger partial charge is 0.497 e. The van der Waals surface area contributed by atoms with Crippen LogP contribution >= 0.6 is 11.8 Å². The van der Waals surface area contributed by atoms with Gasteiger partial charge in [-0.05, 0) is 43.3 Å². The molecular formula is C19H20N2O3S. The van der Waals surface area contributed by atoms with Crippen LogP contribution in [0.3, 0.4) is 0 Å². The Kier molecular flexibility index (Phi) is 5.60. The maximum atomic E-state index is 12.1. The second kappa shape index (κ2) is 8.07. The summed E-state index contributed by atoms with van der Waals surface area (Å²) in [6.45, 7) is 2.62. The van der Waals surface area contributed by atoms with E-state index in [1.54, 1.807) is 24.9 Å². The number of hydrogen-bond acceptors (Lipinski definition) is 5. The third-order valence-corrected chi connectivity index (χ3v) is 4.92. The summed E-state index contributed by atoms with van der Waals surface area (Å²) in [6, 6.07) is 14.9. The second-order valence-electron chi connectivity index (χ2n) is 5.51. The minimum atomic E-state index is -0.0949. The zero-order chi connectivity index (χ0) is 17.6. The zero-order valence-electron chi connectivity index (χ0n) is 14.2. The number of nitrogens with zero attached hydrogens (tertiary/aromatic N) is 1. The van der Waals surface area contributed by atoms with Crippen LogP contribution in [0, 0.1) is 0 Å². The van der Waals surface area contributed by atoms with E-state index >= 15 is 0 Å². The number of rotatable bonds is 7. The number of thioether (sulfide) groups is 1. The molecule has 3 rings (SSSR count). The maximum absolute atomic E-state index is 12.1. The molecule has 0 spiro atoms. The van der Waals surface area contributed by atoms with Crippen molar-refractivity contribution >= 4 is 22.7 Å². The fourth-order valence-electron chi connectivity index (χ4n) is 2.43. The molecule has 5 nitrogen and oxygen atoms in total. The average molecular weight is 356 g/mol. The summed E-state index contributed by atoms with van der Waals surface area (Å²) in [7, 11) is 1.64. The van der Waals surface area contributed by atoms with Crippen LogP contribution in [0.5, 0.6) is 11.5 Å². The molecule has 1 aromatic heterocycles. The monoisotopic (exact) mass is 356 g/mol. The summed E-state index contributed by atoms with van der Waals surface area (Å²) in [5.41, 5.74) is 0.630. The van der Waals surface area contributed by atoms with Gasteiger partial charge in [0.05, 0.1) is 29.9 Å². The van der Waals surface area contributed by atoms with Gasteiger partial charge in [0.2, 0.25) is 0 Å². The summed E-state index contributed by atoms with van der Waals surface area (Å²) < 4.78 is 10.8. The van der Waals surface area contributed by atoms with E-state index in [1.165, 1.54) is 0 Å². The van der Waals surface area contributed by atoms with Crippen LogP contribution < -0.4 is 15.0 Å². The predicted molar refractivity (Wildman–Crippen MR) is 102 cm³/mol. The number of H-pyrrole nitrogens is 1. The Morgan fingerprint density at radius 2 is 1.84 bits per heavy atom. The molecule has 1 N–H and O–H groups in total. The standard InChI is InChI=1S/C19H20N2O3S/c1-13(18-20-17-6-4-3-5-16(17)19(22)21-18)25-12-11-24-15-9-7-14(23-2)8-10-15/h3-10,13H,11-12H2,1-2H3,(H,20,21,22). The van der Waals surface area contributed by atoms with E-state index in [0.29, 0.717) is 17.8 Å². The summed E-state index contributed by atoms with van der Waals surface area (Å²) in [5.74, 6) is 3.11. The van der Waals surface area contributed by atoms with Crippen LogP contribution in [0.2, 0.25) is 0 Å². The first-order valence-electron chi connectivity index (χ1n) is 8.05. The molecule has 0 aliphatic rings. The normalized spacial score (nSPS) is 12.1. The van der Waals surface area contributed by atoms with Crippen LogP contribution in [0.25, 0.3) is 10.9 Å². The van der Waals surface area contributed by atoms with Gasteiger partial charge in [0.25, 0.3) is 5.56 Å². The lowest BCUT2D eigenvalue weighted by Crippen LogP contribution is -2.13. The third-order valence-electron chi connectivity index (χ3n) is 3.80. The van der Waals surface area contributed by atoms with Crippen LogP contribution in [0.4, 0.5) is 0 Å².